The summed E-state index contributed by atoms with van der Waals surface area (Å²) in [5, 5.41) is 19.0. The second kappa shape index (κ2) is 6.79. The number of carbonyl (C=O) groups excluding carboxylic acids is 1. The molecule has 1 aromatic carbocycles. The highest BCUT2D eigenvalue weighted by Crippen LogP contribution is 2.23. The van der Waals surface area contributed by atoms with E-state index in [1.165, 1.54) is 0 Å². The van der Waals surface area contributed by atoms with Crippen molar-refractivity contribution in [2.24, 2.45) is 0 Å². The lowest BCUT2D eigenvalue weighted by atomic mass is 10.1. The van der Waals surface area contributed by atoms with E-state index in [1.54, 1.807) is 12.1 Å². The minimum absolute atomic E-state index is 0.115. The molecule has 0 radical (unpaired) electrons. The van der Waals surface area contributed by atoms with E-state index in [9.17, 15) is 15.0 Å². The quantitative estimate of drug-likeness (QED) is 0.846. The highest BCUT2D eigenvalue weighted by molar-refractivity contribution is 5.99. The Balaban J connectivity index is 1.80. The number of aliphatic hydroxyl groups excluding tert-OH is 1. The molecule has 1 aliphatic heterocycles. The van der Waals surface area contributed by atoms with Crippen LogP contribution in [0.15, 0.2) is 30.3 Å². The molecule has 2 N–H and O–H groups in total. The Morgan fingerprint density at radius 3 is 2.42 bits per heavy atom. The predicted octanol–water partition coefficient (Wildman–Crippen LogP) is 2.44. The van der Waals surface area contributed by atoms with Crippen LogP contribution in [0, 0.1) is 13.8 Å². The molecule has 3 rings (SSSR count). The fraction of sp³-hybridized carbons (Fsp3) is 0.421. The molecule has 0 bridgehead atoms. The maximum Gasteiger partial charge on any atom is 0.178 e. The Morgan fingerprint density at radius 1 is 1.17 bits per heavy atom. The monoisotopic (exact) mass is 328 g/mol. The summed E-state index contributed by atoms with van der Waals surface area (Å²) in [7, 11) is 0. The molecule has 2 heterocycles. The summed E-state index contributed by atoms with van der Waals surface area (Å²) in [6, 6.07) is 8.91. The number of carbonyl (C=O) groups is 1. The SMILES string of the molecule is Cc1cc(C(=O)CN2CCC(O)CC2)c(C)n1-c1ccc(O)cc1. The van der Waals surface area contributed by atoms with Gasteiger partial charge in [-0.05, 0) is 57.0 Å². The topological polar surface area (TPSA) is 65.7 Å². The van der Waals surface area contributed by atoms with Gasteiger partial charge in [-0.1, -0.05) is 0 Å². The number of piperidine rings is 1. The smallest absolute Gasteiger partial charge is 0.178 e. The van der Waals surface area contributed by atoms with E-state index < -0.39 is 0 Å². The first-order valence-electron chi connectivity index (χ1n) is 8.37. The Kier molecular flexibility index (Phi) is 4.73. The number of nitrogens with zero attached hydrogens (tertiary/aromatic N) is 2. The molecule has 5 heteroatoms. The molecule has 24 heavy (non-hydrogen) atoms. The number of likely N-dealkylation sites (tertiary alicyclic amines) is 1. The molecule has 1 aliphatic rings. The van der Waals surface area contributed by atoms with Crippen molar-refractivity contribution < 1.29 is 15.0 Å². The number of Topliss-reactive ketones (excluding diaryl/α,β-unsaturated/α-hetero) is 1. The van der Waals surface area contributed by atoms with Crippen LogP contribution in [0.5, 0.6) is 5.75 Å². The molecule has 1 aromatic heterocycles. The van der Waals surface area contributed by atoms with E-state index in [-0.39, 0.29) is 17.6 Å². The first kappa shape index (κ1) is 16.7. The van der Waals surface area contributed by atoms with Crippen molar-refractivity contribution in [2.45, 2.75) is 32.8 Å². The van der Waals surface area contributed by atoms with Crippen LogP contribution in [0.1, 0.15) is 34.6 Å². The third-order valence-corrected chi connectivity index (χ3v) is 4.76. The molecule has 1 saturated heterocycles. The van der Waals surface area contributed by atoms with E-state index in [0.29, 0.717) is 6.54 Å². The number of phenolic OH excluding ortho intramolecular Hbond substituents is 1. The molecule has 1 fully saturated rings. The highest BCUT2D eigenvalue weighted by Gasteiger charge is 2.22. The lowest BCUT2D eigenvalue weighted by molar-refractivity contribution is 0.0710. The Bertz CT molecular complexity index is 726. The Labute approximate surface area is 142 Å². The first-order chi connectivity index (χ1) is 11.5. The van der Waals surface area contributed by atoms with E-state index in [1.807, 2.05) is 36.6 Å². The number of aromatic nitrogens is 1. The van der Waals surface area contributed by atoms with Crippen LogP contribution < -0.4 is 0 Å². The van der Waals surface area contributed by atoms with Crippen molar-refractivity contribution in [2.75, 3.05) is 19.6 Å². The third-order valence-electron chi connectivity index (χ3n) is 4.76. The van der Waals surface area contributed by atoms with Gasteiger partial charge in [0.25, 0.3) is 0 Å². The largest absolute Gasteiger partial charge is 0.508 e. The molecule has 5 nitrogen and oxygen atoms in total. The number of hydrogen-bond donors (Lipinski definition) is 2. The van der Waals surface area contributed by atoms with Crippen LogP contribution >= 0.6 is 0 Å². The van der Waals surface area contributed by atoms with Crippen molar-refractivity contribution in [3.63, 3.8) is 0 Å². The molecule has 0 atom stereocenters. The number of hydrogen-bond acceptors (Lipinski definition) is 4. The maximum atomic E-state index is 12.7. The Morgan fingerprint density at radius 2 is 1.79 bits per heavy atom. The lowest BCUT2D eigenvalue weighted by Crippen LogP contribution is -2.39. The minimum atomic E-state index is -0.226. The van der Waals surface area contributed by atoms with Gasteiger partial charge in [0.2, 0.25) is 0 Å². The fourth-order valence-electron chi connectivity index (χ4n) is 3.41. The normalized spacial score (nSPS) is 16.5. The van der Waals surface area contributed by atoms with Gasteiger partial charge >= 0.3 is 0 Å². The van der Waals surface area contributed by atoms with Crippen LogP contribution in [0.4, 0.5) is 0 Å². The number of aryl methyl sites for hydroxylation is 1. The molecule has 2 aromatic rings. The van der Waals surface area contributed by atoms with E-state index in [4.69, 9.17) is 0 Å². The van der Waals surface area contributed by atoms with Gasteiger partial charge in [-0.25, -0.2) is 0 Å². The van der Waals surface area contributed by atoms with Crippen molar-refractivity contribution in [1.29, 1.82) is 0 Å². The maximum absolute atomic E-state index is 12.7. The van der Waals surface area contributed by atoms with Crippen molar-refractivity contribution in [1.82, 2.24) is 9.47 Å². The third kappa shape index (κ3) is 3.37. The highest BCUT2D eigenvalue weighted by atomic mass is 16.3. The van der Waals surface area contributed by atoms with E-state index >= 15 is 0 Å². The average molecular weight is 328 g/mol. The zero-order valence-electron chi connectivity index (χ0n) is 14.2. The van der Waals surface area contributed by atoms with Crippen molar-refractivity contribution in [3.8, 4) is 11.4 Å². The molecule has 128 valence electrons. The predicted molar refractivity (Wildman–Crippen MR) is 92.9 cm³/mol. The summed E-state index contributed by atoms with van der Waals surface area (Å²) >= 11 is 0. The average Bonchev–Trinajstić information content (AvgIpc) is 2.85. The summed E-state index contributed by atoms with van der Waals surface area (Å²) in [5.41, 5.74) is 3.59. The number of phenols is 1. The standard InChI is InChI=1S/C19H24N2O3/c1-13-11-18(19(24)12-20-9-7-17(23)8-10-20)14(2)21(13)15-3-5-16(22)6-4-15/h3-6,11,17,22-23H,7-10,12H2,1-2H3. The summed E-state index contributed by atoms with van der Waals surface area (Å²) in [4.78, 5) is 14.8. The summed E-state index contributed by atoms with van der Waals surface area (Å²) in [6.07, 6.45) is 1.25. The Hall–Kier alpha value is -2.11. The van der Waals surface area contributed by atoms with Gasteiger partial charge in [0.05, 0.1) is 12.6 Å². The van der Waals surface area contributed by atoms with Gasteiger partial charge in [-0.2, -0.15) is 0 Å². The van der Waals surface area contributed by atoms with Crippen molar-refractivity contribution in [3.05, 3.63) is 47.3 Å². The molecular formula is C19H24N2O3. The summed E-state index contributed by atoms with van der Waals surface area (Å²) in [6.45, 7) is 5.86. The second-order valence-corrected chi connectivity index (χ2v) is 6.57. The van der Waals surface area contributed by atoms with Gasteiger partial charge in [0.1, 0.15) is 5.75 Å². The van der Waals surface area contributed by atoms with Gasteiger partial charge in [-0.15, -0.1) is 0 Å². The first-order valence-corrected chi connectivity index (χ1v) is 8.37. The molecule has 0 unspecified atom stereocenters. The van der Waals surface area contributed by atoms with Gasteiger partial charge in [-0.3, -0.25) is 9.69 Å². The van der Waals surface area contributed by atoms with Gasteiger partial charge in [0.15, 0.2) is 5.78 Å². The van der Waals surface area contributed by atoms with E-state index in [2.05, 4.69) is 4.90 Å². The number of aromatic hydroxyl groups is 1. The summed E-state index contributed by atoms with van der Waals surface area (Å²) in [5.74, 6) is 0.342. The van der Waals surface area contributed by atoms with E-state index in [0.717, 1.165) is 48.6 Å². The minimum Gasteiger partial charge on any atom is -0.508 e. The van der Waals surface area contributed by atoms with Gasteiger partial charge in [0, 0.05) is 35.7 Å². The zero-order chi connectivity index (χ0) is 17.3. The number of aliphatic hydroxyl groups is 1. The molecular weight excluding hydrogens is 304 g/mol. The number of rotatable bonds is 4. The second-order valence-electron chi connectivity index (χ2n) is 6.57. The van der Waals surface area contributed by atoms with Crippen LogP contribution in [-0.2, 0) is 0 Å². The number of ketones is 1. The van der Waals surface area contributed by atoms with Crippen LogP contribution in [0.2, 0.25) is 0 Å². The van der Waals surface area contributed by atoms with Crippen LogP contribution in [-0.4, -0.2) is 51.2 Å². The fourth-order valence-corrected chi connectivity index (χ4v) is 3.41. The zero-order valence-corrected chi connectivity index (χ0v) is 14.2. The molecule has 0 aliphatic carbocycles. The van der Waals surface area contributed by atoms with Crippen LogP contribution in [0.3, 0.4) is 0 Å². The number of benzene rings is 1. The van der Waals surface area contributed by atoms with Crippen molar-refractivity contribution >= 4 is 5.78 Å². The molecule has 0 spiro atoms. The lowest BCUT2D eigenvalue weighted by Gasteiger charge is -2.28. The van der Waals surface area contributed by atoms with Crippen LogP contribution in [0.25, 0.3) is 5.69 Å². The van der Waals surface area contributed by atoms with Gasteiger partial charge < -0.3 is 14.8 Å². The summed E-state index contributed by atoms with van der Waals surface area (Å²) < 4.78 is 2.03. The molecule has 0 saturated carbocycles. The molecule has 0 amide bonds.